The van der Waals surface area contributed by atoms with E-state index >= 15 is 0 Å². The van der Waals surface area contributed by atoms with E-state index in [2.05, 4.69) is 19.9 Å². The van der Waals surface area contributed by atoms with Crippen LogP contribution in [0, 0.1) is 0 Å². The third-order valence-electron chi connectivity index (χ3n) is 2.67. The number of aromatic amines is 1. The van der Waals surface area contributed by atoms with Crippen molar-refractivity contribution in [3.63, 3.8) is 0 Å². The summed E-state index contributed by atoms with van der Waals surface area (Å²) in [5.41, 5.74) is 0.841. The summed E-state index contributed by atoms with van der Waals surface area (Å²) < 4.78 is 28.7. The van der Waals surface area contributed by atoms with Gasteiger partial charge in [-0.15, -0.1) is 0 Å². The van der Waals surface area contributed by atoms with Crippen LogP contribution in [-0.4, -0.2) is 34.6 Å². The Balaban J connectivity index is 2.05. The number of nitrogens with zero attached hydrogens (tertiary/aromatic N) is 3. The van der Waals surface area contributed by atoms with Gasteiger partial charge in [0.15, 0.2) is 15.5 Å². The number of imidazole rings is 1. The molecule has 0 aliphatic carbocycles. The van der Waals surface area contributed by atoms with E-state index in [4.69, 9.17) is 16.3 Å². The topological polar surface area (TPSA) is 97.8 Å². The molecule has 0 saturated carbocycles. The molecule has 0 aliphatic heterocycles. The number of H-pyrrole nitrogens is 1. The minimum Gasteiger partial charge on any atom is -0.437 e. The largest absolute Gasteiger partial charge is 0.437 e. The quantitative estimate of drug-likeness (QED) is 0.742. The molecule has 21 heavy (non-hydrogen) atoms. The van der Waals surface area contributed by atoms with E-state index in [1.807, 2.05) is 0 Å². The molecule has 108 valence electrons. The average molecular weight is 325 g/mol. The maximum absolute atomic E-state index is 11.5. The summed E-state index contributed by atoms with van der Waals surface area (Å²) in [6, 6.07) is 6.10. The molecule has 0 unspecified atom stereocenters. The third kappa shape index (κ3) is 2.81. The summed E-state index contributed by atoms with van der Waals surface area (Å²) in [6.07, 6.45) is 2.57. The van der Waals surface area contributed by atoms with E-state index in [-0.39, 0.29) is 16.1 Å². The fraction of sp³-hybridized carbons (Fsp3) is 0.0833. The first-order valence-corrected chi connectivity index (χ1v) is 8.05. The highest BCUT2D eigenvalue weighted by molar-refractivity contribution is 7.90. The molecule has 1 N–H and O–H groups in total. The van der Waals surface area contributed by atoms with Gasteiger partial charge in [-0.1, -0.05) is 6.07 Å². The van der Waals surface area contributed by atoms with Crippen LogP contribution in [0.3, 0.4) is 0 Å². The number of aromatic nitrogens is 4. The van der Waals surface area contributed by atoms with E-state index in [0.717, 1.165) is 6.26 Å². The summed E-state index contributed by atoms with van der Waals surface area (Å²) in [5.74, 6) is 0.497. The minimum absolute atomic E-state index is 0.0103. The average Bonchev–Trinajstić information content (AvgIpc) is 2.86. The van der Waals surface area contributed by atoms with Crippen molar-refractivity contribution >= 4 is 32.6 Å². The number of nitrogens with one attached hydrogen (secondary N) is 1. The van der Waals surface area contributed by atoms with E-state index in [9.17, 15) is 8.42 Å². The van der Waals surface area contributed by atoms with Crippen molar-refractivity contribution in [3.05, 3.63) is 35.9 Å². The number of rotatable bonds is 3. The lowest BCUT2D eigenvalue weighted by atomic mass is 10.3. The molecule has 0 fully saturated rings. The molecule has 2 aromatic heterocycles. The highest BCUT2D eigenvalue weighted by Gasteiger charge is 2.13. The lowest BCUT2D eigenvalue weighted by Crippen LogP contribution is -1.98. The SMILES string of the molecule is CS(=O)(=O)c1cccc(Oc2nc(Cl)nc3nc[nH]c23)c1. The normalized spacial score (nSPS) is 11.7. The van der Waals surface area contributed by atoms with Crippen molar-refractivity contribution in [3.8, 4) is 11.6 Å². The summed E-state index contributed by atoms with van der Waals surface area (Å²) in [7, 11) is -3.32. The predicted octanol–water partition coefficient (Wildman–Crippen LogP) is 2.20. The van der Waals surface area contributed by atoms with Crippen LogP contribution in [-0.2, 0) is 9.84 Å². The maximum Gasteiger partial charge on any atom is 0.250 e. The Hall–Kier alpha value is -2.19. The smallest absolute Gasteiger partial charge is 0.250 e. The molecule has 0 amide bonds. The van der Waals surface area contributed by atoms with Gasteiger partial charge in [0.05, 0.1) is 11.2 Å². The van der Waals surface area contributed by atoms with E-state index in [1.165, 1.54) is 18.5 Å². The standard InChI is InChI=1S/C12H9ClN4O3S/c1-21(18,19)8-4-2-3-7(5-8)20-11-9-10(15-6-14-9)16-12(13)17-11/h2-6H,1H3,(H,14,15,16,17). The Morgan fingerprint density at radius 2 is 2.10 bits per heavy atom. The van der Waals surface area contributed by atoms with E-state index in [0.29, 0.717) is 16.9 Å². The molecular weight excluding hydrogens is 316 g/mol. The second-order valence-corrected chi connectivity index (χ2v) is 6.60. The van der Waals surface area contributed by atoms with Gasteiger partial charge in [0.2, 0.25) is 11.2 Å². The first kappa shape index (κ1) is 13.8. The number of sulfone groups is 1. The van der Waals surface area contributed by atoms with Crippen LogP contribution in [0.4, 0.5) is 0 Å². The maximum atomic E-state index is 11.5. The first-order valence-electron chi connectivity index (χ1n) is 5.78. The second kappa shape index (κ2) is 4.97. The van der Waals surface area contributed by atoms with Crippen molar-refractivity contribution in [1.29, 1.82) is 0 Å². The van der Waals surface area contributed by atoms with Crippen LogP contribution in [0.2, 0.25) is 5.28 Å². The van der Waals surface area contributed by atoms with Gasteiger partial charge in [-0.05, 0) is 29.8 Å². The van der Waals surface area contributed by atoms with Crippen LogP contribution < -0.4 is 4.74 Å². The number of ether oxygens (including phenoxy) is 1. The van der Waals surface area contributed by atoms with Crippen LogP contribution in [0.5, 0.6) is 11.6 Å². The molecule has 0 saturated heterocycles. The lowest BCUT2D eigenvalue weighted by molar-refractivity contribution is 0.465. The molecular formula is C12H9ClN4O3S. The van der Waals surface area contributed by atoms with Gasteiger partial charge >= 0.3 is 0 Å². The predicted molar refractivity (Wildman–Crippen MR) is 76.3 cm³/mol. The summed E-state index contributed by atoms with van der Waals surface area (Å²) in [6.45, 7) is 0. The zero-order valence-electron chi connectivity index (χ0n) is 10.7. The fourth-order valence-electron chi connectivity index (χ4n) is 1.74. The summed E-state index contributed by atoms with van der Waals surface area (Å²) in [4.78, 5) is 14.9. The Morgan fingerprint density at radius 1 is 1.29 bits per heavy atom. The van der Waals surface area contributed by atoms with Crippen molar-refractivity contribution < 1.29 is 13.2 Å². The van der Waals surface area contributed by atoms with Crippen molar-refractivity contribution in [2.75, 3.05) is 6.26 Å². The summed E-state index contributed by atoms with van der Waals surface area (Å²) in [5, 5.41) is -0.0103. The monoisotopic (exact) mass is 324 g/mol. The van der Waals surface area contributed by atoms with Crippen molar-refractivity contribution in [2.24, 2.45) is 0 Å². The van der Waals surface area contributed by atoms with E-state index < -0.39 is 9.84 Å². The third-order valence-corrected chi connectivity index (χ3v) is 3.95. The molecule has 0 spiro atoms. The van der Waals surface area contributed by atoms with E-state index in [1.54, 1.807) is 12.1 Å². The van der Waals surface area contributed by atoms with Crippen molar-refractivity contribution in [2.45, 2.75) is 4.90 Å². The van der Waals surface area contributed by atoms with Gasteiger partial charge in [-0.3, -0.25) is 0 Å². The van der Waals surface area contributed by atoms with Crippen LogP contribution in [0.15, 0.2) is 35.5 Å². The molecule has 7 nitrogen and oxygen atoms in total. The molecule has 0 aliphatic rings. The molecule has 9 heteroatoms. The first-order chi connectivity index (χ1) is 9.93. The zero-order chi connectivity index (χ0) is 15.0. The molecule has 3 aromatic rings. The molecule has 0 bridgehead atoms. The molecule has 0 atom stereocenters. The number of halogens is 1. The van der Waals surface area contributed by atoms with Gasteiger partial charge in [-0.2, -0.15) is 9.97 Å². The van der Waals surface area contributed by atoms with Crippen LogP contribution >= 0.6 is 11.6 Å². The van der Waals surface area contributed by atoms with Gasteiger partial charge in [-0.25, -0.2) is 13.4 Å². The fourth-order valence-corrected chi connectivity index (χ4v) is 2.55. The Bertz CT molecular complexity index is 923. The highest BCUT2D eigenvalue weighted by Crippen LogP contribution is 2.27. The number of fused-ring (bicyclic) bond motifs is 1. The van der Waals surface area contributed by atoms with Crippen LogP contribution in [0.25, 0.3) is 11.2 Å². The minimum atomic E-state index is -3.32. The number of hydrogen-bond acceptors (Lipinski definition) is 6. The Morgan fingerprint density at radius 3 is 2.86 bits per heavy atom. The highest BCUT2D eigenvalue weighted by atomic mass is 35.5. The zero-order valence-corrected chi connectivity index (χ0v) is 12.3. The summed E-state index contributed by atoms with van der Waals surface area (Å²) >= 11 is 5.80. The lowest BCUT2D eigenvalue weighted by Gasteiger charge is -2.07. The Labute approximate surface area is 124 Å². The van der Waals surface area contributed by atoms with Crippen molar-refractivity contribution in [1.82, 2.24) is 19.9 Å². The molecule has 1 aromatic carbocycles. The number of hydrogen-bond donors (Lipinski definition) is 1. The van der Waals surface area contributed by atoms with Gasteiger partial charge in [0, 0.05) is 6.26 Å². The van der Waals surface area contributed by atoms with Crippen LogP contribution in [0.1, 0.15) is 0 Å². The van der Waals surface area contributed by atoms with Gasteiger partial charge in [0.25, 0.3) is 0 Å². The van der Waals surface area contributed by atoms with Gasteiger partial charge in [0.1, 0.15) is 11.3 Å². The molecule has 2 heterocycles. The number of benzene rings is 1. The Kier molecular flexibility index (Phi) is 3.26. The second-order valence-electron chi connectivity index (χ2n) is 4.25. The molecule has 3 rings (SSSR count). The van der Waals surface area contributed by atoms with Gasteiger partial charge < -0.3 is 9.72 Å². The molecule has 0 radical (unpaired) electrons.